The van der Waals surface area contributed by atoms with Crippen LogP contribution in [-0.4, -0.2) is 30.5 Å². The second-order valence-corrected chi connectivity index (χ2v) is 4.49. The van der Waals surface area contributed by atoms with Gasteiger partial charge in [-0.05, 0) is 37.9 Å². The Labute approximate surface area is 108 Å². The van der Waals surface area contributed by atoms with Crippen molar-refractivity contribution in [3.63, 3.8) is 0 Å². The number of aromatic nitrogens is 1. The number of rotatable bonds is 4. The maximum absolute atomic E-state index is 11.9. The Morgan fingerprint density at radius 2 is 2.44 bits per heavy atom. The Morgan fingerprint density at radius 3 is 3.17 bits per heavy atom. The summed E-state index contributed by atoms with van der Waals surface area (Å²) in [6, 6.07) is 3.74. The fraction of sp³-hybridized carbons (Fsp3) is 0.429. The van der Waals surface area contributed by atoms with Gasteiger partial charge in [0.1, 0.15) is 5.69 Å². The number of nitrogens with zero attached hydrogens (tertiary/aromatic N) is 1. The Hall–Kier alpha value is -1.68. The molecule has 0 radical (unpaired) electrons. The fourth-order valence-corrected chi connectivity index (χ4v) is 2.04. The standard InChI is InChI=1S/C14H19N3O/c1-11-3-2-7-16-13(11)14(18)17-10-6-12-4-8-15-9-5-12/h2-4,7,15H,5-6,8-10H2,1H3,(H,17,18). The van der Waals surface area contributed by atoms with Crippen LogP contribution in [0, 0.1) is 6.92 Å². The van der Waals surface area contributed by atoms with E-state index in [1.807, 2.05) is 19.1 Å². The highest BCUT2D eigenvalue weighted by molar-refractivity contribution is 5.93. The smallest absolute Gasteiger partial charge is 0.270 e. The Kier molecular flexibility index (Phi) is 4.47. The Balaban J connectivity index is 1.82. The van der Waals surface area contributed by atoms with Crippen molar-refractivity contribution in [3.8, 4) is 0 Å². The van der Waals surface area contributed by atoms with Gasteiger partial charge in [-0.25, -0.2) is 0 Å². The van der Waals surface area contributed by atoms with E-state index in [0.29, 0.717) is 12.2 Å². The molecule has 0 atom stereocenters. The first-order valence-electron chi connectivity index (χ1n) is 6.36. The van der Waals surface area contributed by atoms with Gasteiger partial charge in [0.25, 0.3) is 5.91 Å². The predicted molar refractivity (Wildman–Crippen MR) is 71.5 cm³/mol. The maximum Gasteiger partial charge on any atom is 0.270 e. The molecule has 2 heterocycles. The fourth-order valence-electron chi connectivity index (χ4n) is 2.04. The van der Waals surface area contributed by atoms with Gasteiger partial charge in [-0.3, -0.25) is 9.78 Å². The number of hydrogen-bond acceptors (Lipinski definition) is 3. The number of nitrogens with one attached hydrogen (secondary N) is 2. The molecule has 0 saturated carbocycles. The van der Waals surface area contributed by atoms with Gasteiger partial charge in [0.15, 0.2) is 0 Å². The van der Waals surface area contributed by atoms with Gasteiger partial charge in [-0.2, -0.15) is 0 Å². The van der Waals surface area contributed by atoms with E-state index in [1.54, 1.807) is 6.20 Å². The van der Waals surface area contributed by atoms with Crippen LogP contribution in [0.25, 0.3) is 0 Å². The van der Waals surface area contributed by atoms with E-state index >= 15 is 0 Å². The zero-order valence-electron chi connectivity index (χ0n) is 10.7. The van der Waals surface area contributed by atoms with E-state index in [-0.39, 0.29) is 5.91 Å². The van der Waals surface area contributed by atoms with Gasteiger partial charge in [0, 0.05) is 19.3 Å². The van der Waals surface area contributed by atoms with Gasteiger partial charge < -0.3 is 10.6 Å². The van der Waals surface area contributed by atoms with Crippen molar-refractivity contribution in [3.05, 3.63) is 41.2 Å². The van der Waals surface area contributed by atoms with Crippen molar-refractivity contribution >= 4 is 5.91 Å². The minimum Gasteiger partial charge on any atom is -0.350 e. The summed E-state index contributed by atoms with van der Waals surface area (Å²) in [7, 11) is 0. The first-order chi connectivity index (χ1) is 8.77. The van der Waals surface area contributed by atoms with Crippen molar-refractivity contribution in [2.75, 3.05) is 19.6 Å². The molecule has 0 bridgehead atoms. The van der Waals surface area contributed by atoms with Gasteiger partial charge in [0.05, 0.1) is 0 Å². The molecule has 1 aliphatic heterocycles. The van der Waals surface area contributed by atoms with Crippen molar-refractivity contribution in [1.82, 2.24) is 15.6 Å². The highest BCUT2D eigenvalue weighted by atomic mass is 16.1. The summed E-state index contributed by atoms with van der Waals surface area (Å²) in [5.74, 6) is -0.0809. The lowest BCUT2D eigenvalue weighted by Crippen LogP contribution is -2.27. The summed E-state index contributed by atoms with van der Waals surface area (Å²) >= 11 is 0. The molecule has 2 N–H and O–H groups in total. The minimum absolute atomic E-state index is 0.0809. The number of aryl methyl sites for hydroxylation is 1. The molecule has 0 unspecified atom stereocenters. The molecule has 1 amide bonds. The molecule has 0 aliphatic carbocycles. The lowest BCUT2D eigenvalue weighted by molar-refractivity contribution is 0.0948. The largest absolute Gasteiger partial charge is 0.350 e. The molecule has 4 heteroatoms. The van der Waals surface area contributed by atoms with Crippen molar-refractivity contribution < 1.29 is 4.79 Å². The molecule has 1 aliphatic rings. The van der Waals surface area contributed by atoms with Gasteiger partial charge in [0.2, 0.25) is 0 Å². The SMILES string of the molecule is Cc1cccnc1C(=O)NCCC1=CCNCC1. The van der Waals surface area contributed by atoms with E-state index in [4.69, 9.17) is 0 Å². The van der Waals surface area contributed by atoms with Crippen molar-refractivity contribution in [1.29, 1.82) is 0 Å². The summed E-state index contributed by atoms with van der Waals surface area (Å²) in [6.45, 7) is 4.57. The average Bonchev–Trinajstić information content (AvgIpc) is 2.40. The van der Waals surface area contributed by atoms with Crippen LogP contribution >= 0.6 is 0 Å². The third-order valence-corrected chi connectivity index (χ3v) is 3.11. The summed E-state index contributed by atoms with van der Waals surface area (Å²) in [5.41, 5.74) is 2.86. The third kappa shape index (κ3) is 3.40. The van der Waals surface area contributed by atoms with Crippen LogP contribution in [0.2, 0.25) is 0 Å². The van der Waals surface area contributed by atoms with Crippen LogP contribution in [-0.2, 0) is 0 Å². The van der Waals surface area contributed by atoms with Crippen molar-refractivity contribution in [2.24, 2.45) is 0 Å². The maximum atomic E-state index is 11.9. The Bertz CT molecular complexity index is 454. The molecular weight excluding hydrogens is 226 g/mol. The predicted octanol–water partition coefficient (Wildman–Crippen LogP) is 1.43. The molecule has 0 aromatic carbocycles. The van der Waals surface area contributed by atoms with Gasteiger partial charge >= 0.3 is 0 Å². The van der Waals surface area contributed by atoms with E-state index in [0.717, 1.165) is 31.5 Å². The van der Waals surface area contributed by atoms with E-state index in [1.165, 1.54) is 5.57 Å². The first-order valence-corrected chi connectivity index (χ1v) is 6.36. The lowest BCUT2D eigenvalue weighted by Gasteiger charge is -2.14. The molecule has 0 fully saturated rings. The number of pyridine rings is 1. The molecule has 2 rings (SSSR count). The number of hydrogen-bond donors (Lipinski definition) is 2. The van der Waals surface area contributed by atoms with E-state index in [9.17, 15) is 4.79 Å². The molecule has 0 saturated heterocycles. The van der Waals surface area contributed by atoms with E-state index < -0.39 is 0 Å². The first kappa shape index (κ1) is 12.8. The molecule has 1 aromatic heterocycles. The van der Waals surface area contributed by atoms with E-state index in [2.05, 4.69) is 21.7 Å². The highest BCUT2D eigenvalue weighted by Gasteiger charge is 2.09. The van der Waals surface area contributed by atoms with Gasteiger partial charge in [-0.1, -0.05) is 17.7 Å². The summed E-state index contributed by atoms with van der Waals surface area (Å²) < 4.78 is 0. The van der Waals surface area contributed by atoms with Crippen LogP contribution < -0.4 is 10.6 Å². The second-order valence-electron chi connectivity index (χ2n) is 4.49. The molecular formula is C14H19N3O. The summed E-state index contributed by atoms with van der Waals surface area (Å²) in [6.07, 6.45) is 5.87. The molecule has 4 nitrogen and oxygen atoms in total. The molecule has 96 valence electrons. The lowest BCUT2D eigenvalue weighted by atomic mass is 10.1. The molecule has 1 aromatic rings. The summed E-state index contributed by atoms with van der Waals surface area (Å²) in [5, 5.41) is 6.20. The number of amides is 1. The second kappa shape index (κ2) is 6.31. The molecule has 18 heavy (non-hydrogen) atoms. The number of carbonyl (C=O) groups excluding carboxylic acids is 1. The zero-order valence-corrected chi connectivity index (χ0v) is 10.7. The van der Waals surface area contributed by atoms with Crippen LogP contribution in [0.4, 0.5) is 0 Å². The van der Waals surface area contributed by atoms with Crippen LogP contribution in [0.5, 0.6) is 0 Å². The zero-order chi connectivity index (χ0) is 12.8. The van der Waals surface area contributed by atoms with Gasteiger partial charge in [-0.15, -0.1) is 0 Å². The van der Waals surface area contributed by atoms with Crippen LogP contribution in [0.15, 0.2) is 30.0 Å². The van der Waals surface area contributed by atoms with Crippen LogP contribution in [0.1, 0.15) is 28.9 Å². The average molecular weight is 245 g/mol. The minimum atomic E-state index is -0.0809. The third-order valence-electron chi connectivity index (χ3n) is 3.11. The van der Waals surface area contributed by atoms with Crippen molar-refractivity contribution in [2.45, 2.75) is 19.8 Å². The monoisotopic (exact) mass is 245 g/mol. The topological polar surface area (TPSA) is 54.0 Å². The van der Waals surface area contributed by atoms with Crippen LogP contribution in [0.3, 0.4) is 0 Å². The quantitative estimate of drug-likeness (QED) is 0.789. The normalized spacial score (nSPS) is 15.1. The highest BCUT2D eigenvalue weighted by Crippen LogP contribution is 2.08. The Morgan fingerprint density at radius 1 is 1.56 bits per heavy atom. The summed E-state index contributed by atoms with van der Waals surface area (Å²) in [4.78, 5) is 16.0. The molecule has 0 spiro atoms. The number of carbonyl (C=O) groups is 1.